The van der Waals surface area contributed by atoms with Gasteiger partial charge in [-0.25, -0.2) is 0 Å². The maximum absolute atomic E-state index is 3.59. The molecule has 0 aromatic heterocycles. The highest BCUT2D eigenvalue weighted by atomic mass is 79.9. The molecule has 1 heterocycles. The number of rotatable bonds is 1. The van der Waals surface area contributed by atoms with Crippen LogP contribution in [0.25, 0.3) is 0 Å². The summed E-state index contributed by atoms with van der Waals surface area (Å²) in [5, 5.41) is 3.58. The summed E-state index contributed by atoms with van der Waals surface area (Å²) in [4.78, 5) is 0. The normalized spacial score (nSPS) is 17.6. The molecule has 0 saturated heterocycles. The van der Waals surface area contributed by atoms with E-state index in [0.717, 1.165) is 15.4 Å². The van der Waals surface area contributed by atoms with Gasteiger partial charge in [-0.15, -0.1) is 0 Å². The molecule has 1 unspecified atom stereocenters. The first-order valence-corrected chi connectivity index (χ1v) is 7.12. The second kappa shape index (κ2) is 4.46. The number of halogens is 2. The summed E-state index contributed by atoms with van der Waals surface area (Å²) in [6.07, 6.45) is 1.05. The fraction of sp³-hybridized carbons (Fsp3) is 0.143. The van der Waals surface area contributed by atoms with Gasteiger partial charge in [-0.05, 0) is 51.7 Å². The fourth-order valence-corrected chi connectivity index (χ4v) is 3.21. The molecule has 0 saturated carbocycles. The van der Waals surface area contributed by atoms with E-state index in [1.165, 1.54) is 16.8 Å². The molecule has 0 amide bonds. The first-order chi connectivity index (χ1) is 8.24. The smallest absolute Gasteiger partial charge is 0.0555 e. The lowest BCUT2D eigenvalue weighted by atomic mass is 10.0. The highest BCUT2D eigenvalue weighted by molar-refractivity contribution is 9.10. The molecule has 3 rings (SSSR count). The maximum atomic E-state index is 3.59. The van der Waals surface area contributed by atoms with Crippen LogP contribution in [-0.2, 0) is 6.42 Å². The number of nitrogens with one attached hydrogen (secondary N) is 1. The van der Waals surface area contributed by atoms with Gasteiger partial charge >= 0.3 is 0 Å². The average molecular weight is 353 g/mol. The van der Waals surface area contributed by atoms with Crippen molar-refractivity contribution >= 4 is 37.5 Å². The van der Waals surface area contributed by atoms with E-state index >= 15 is 0 Å². The summed E-state index contributed by atoms with van der Waals surface area (Å²) < 4.78 is 2.28. The largest absolute Gasteiger partial charge is 0.377 e. The Labute approximate surface area is 117 Å². The molecule has 2 aromatic carbocycles. The number of para-hydroxylation sites is 1. The SMILES string of the molecule is Brc1cccc(C2Cc3cccc(Br)c3N2)c1. The topological polar surface area (TPSA) is 12.0 Å². The van der Waals surface area contributed by atoms with Crippen LogP contribution in [0, 0.1) is 0 Å². The van der Waals surface area contributed by atoms with Crippen molar-refractivity contribution in [2.75, 3.05) is 5.32 Å². The second-order valence-corrected chi connectivity index (χ2v) is 6.00. The predicted octanol–water partition coefficient (Wildman–Crippen LogP) is 4.92. The number of benzene rings is 2. The van der Waals surface area contributed by atoms with Gasteiger partial charge in [0, 0.05) is 8.95 Å². The van der Waals surface area contributed by atoms with Crippen molar-refractivity contribution in [3.8, 4) is 0 Å². The Bertz CT molecular complexity index is 566. The van der Waals surface area contributed by atoms with E-state index in [1.54, 1.807) is 0 Å². The summed E-state index contributed by atoms with van der Waals surface area (Å²) in [5.41, 5.74) is 3.93. The third kappa shape index (κ3) is 2.14. The highest BCUT2D eigenvalue weighted by Gasteiger charge is 2.23. The van der Waals surface area contributed by atoms with E-state index in [4.69, 9.17) is 0 Å². The van der Waals surface area contributed by atoms with Crippen molar-refractivity contribution < 1.29 is 0 Å². The van der Waals surface area contributed by atoms with Crippen LogP contribution in [0.4, 0.5) is 5.69 Å². The van der Waals surface area contributed by atoms with Gasteiger partial charge in [0.2, 0.25) is 0 Å². The molecular weight excluding hydrogens is 342 g/mol. The van der Waals surface area contributed by atoms with Crippen LogP contribution in [0.5, 0.6) is 0 Å². The average Bonchev–Trinajstić information content (AvgIpc) is 2.74. The van der Waals surface area contributed by atoms with Gasteiger partial charge in [-0.3, -0.25) is 0 Å². The van der Waals surface area contributed by atoms with E-state index in [1.807, 2.05) is 0 Å². The maximum Gasteiger partial charge on any atom is 0.0555 e. The second-order valence-electron chi connectivity index (χ2n) is 4.23. The molecule has 2 aromatic rings. The quantitative estimate of drug-likeness (QED) is 0.767. The Balaban J connectivity index is 1.94. The summed E-state index contributed by atoms with van der Waals surface area (Å²) in [7, 11) is 0. The van der Waals surface area contributed by atoms with E-state index in [0.29, 0.717) is 6.04 Å². The zero-order valence-corrected chi connectivity index (χ0v) is 12.3. The van der Waals surface area contributed by atoms with Crippen molar-refractivity contribution in [1.82, 2.24) is 0 Å². The van der Waals surface area contributed by atoms with Crippen LogP contribution in [-0.4, -0.2) is 0 Å². The Morgan fingerprint density at radius 2 is 1.88 bits per heavy atom. The summed E-state index contributed by atoms with van der Waals surface area (Å²) >= 11 is 7.11. The van der Waals surface area contributed by atoms with Crippen molar-refractivity contribution in [3.63, 3.8) is 0 Å². The highest BCUT2D eigenvalue weighted by Crippen LogP contribution is 2.39. The number of hydrogen-bond acceptors (Lipinski definition) is 1. The lowest BCUT2D eigenvalue weighted by Gasteiger charge is -2.12. The zero-order chi connectivity index (χ0) is 11.8. The standard InChI is InChI=1S/C14H11Br2N/c15-11-5-1-3-9(7-11)13-8-10-4-2-6-12(16)14(10)17-13/h1-7,13,17H,8H2. The lowest BCUT2D eigenvalue weighted by molar-refractivity contribution is 0.823. The van der Waals surface area contributed by atoms with Crippen molar-refractivity contribution in [1.29, 1.82) is 0 Å². The summed E-state index contributed by atoms with van der Waals surface area (Å²) in [5.74, 6) is 0. The van der Waals surface area contributed by atoms with Gasteiger partial charge in [0.05, 0.1) is 11.7 Å². The number of hydrogen-bond donors (Lipinski definition) is 1. The molecule has 1 N–H and O–H groups in total. The van der Waals surface area contributed by atoms with Crippen molar-refractivity contribution in [3.05, 3.63) is 62.5 Å². The molecule has 0 radical (unpaired) electrons. The Morgan fingerprint density at radius 3 is 2.65 bits per heavy atom. The third-order valence-corrected chi connectivity index (χ3v) is 4.25. The molecular formula is C14H11Br2N. The number of anilines is 1. The van der Waals surface area contributed by atoms with Crippen molar-refractivity contribution in [2.45, 2.75) is 12.5 Å². The minimum absolute atomic E-state index is 0.376. The summed E-state index contributed by atoms with van der Waals surface area (Å²) in [6, 6.07) is 15.2. The molecule has 3 heteroatoms. The lowest BCUT2D eigenvalue weighted by Crippen LogP contribution is -2.05. The molecule has 0 bridgehead atoms. The number of fused-ring (bicyclic) bond motifs is 1. The molecule has 1 aliphatic heterocycles. The van der Waals surface area contributed by atoms with E-state index in [9.17, 15) is 0 Å². The van der Waals surface area contributed by atoms with Gasteiger partial charge in [0.15, 0.2) is 0 Å². The molecule has 1 nitrogen and oxygen atoms in total. The first-order valence-electron chi connectivity index (χ1n) is 5.53. The van der Waals surface area contributed by atoms with Crippen LogP contribution in [0.3, 0.4) is 0 Å². The fourth-order valence-electron chi connectivity index (χ4n) is 2.27. The van der Waals surface area contributed by atoms with Crippen LogP contribution in [0.15, 0.2) is 51.4 Å². The van der Waals surface area contributed by atoms with Crippen LogP contribution >= 0.6 is 31.9 Å². The summed E-state index contributed by atoms with van der Waals surface area (Å²) in [6.45, 7) is 0. The van der Waals surface area contributed by atoms with Crippen LogP contribution in [0.2, 0.25) is 0 Å². The van der Waals surface area contributed by atoms with Crippen LogP contribution in [0.1, 0.15) is 17.2 Å². The van der Waals surface area contributed by atoms with E-state index < -0.39 is 0 Å². The van der Waals surface area contributed by atoms with Crippen molar-refractivity contribution in [2.24, 2.45) is 0 Å². The Morgan fingerprint density at radius 1 is 1.06 bits per heavy atom. The molecule has 1 aliphatic rings. The van der Waals surface area contributed by atoms with Crippen LogP contribution < -0.4 is 5.32 Å². The van der Waals surface area contributed by atoms with Gasteiger partial charge in [0.1, 0.15) is 0 Å². The van der Waals surface area contributed by atoms with Gasteiger partial charge < -0.3 is 5.32 Å². The molecule has 0 spiro atoms. The predicted molar refractivity (Wildman–Crippen MR) is 78.4 cm³/mol. The zero-order valence-electron chi connectivity index (χ0n) is 9.08. The molecule has 0 fully saturated rings. The first kappa shape index (κ1) is 11.3. The van der Waals surface area contributed by atoms with Gasteiger partial charge in [-0.1, -0.05) is 40.2 Å². The van der Waals surface area contributed by atoms with Gasteiger partial charge in [-0.2, -0.15) is 0 Å². The Kier molecular flexibility index (Phi) is 2.97. The third-order valence-electron chi connectivity index (χ3n) is 3.09. The molecule has 17 heavy (non-hydrogen) atoms. The Hall–Kier alpha value is -0.800. The molecule has 1 atom stereocenters. The van der Waals surface area contributed by atoms with E-state index in [-0.39, 0.29) is 0 Å². The van der Waals surface area contributed by atoms with E-state index in [2.05, 4.69) is 79.6 Å². The molecule has 86 valence electrons. The monoisotopic (exact) mass is 351 g/mol. The molecule has 0 aliphatic carbocycles. The van der Waals surface area contributed by atoms with Gasteiger partial charge in [0.25, 0.3) is 0 Å². The minimum atomic E-state index is 0.376. The minimum Gasteiger partial charge on any atom is -0.377 e.